The largest absolute Gasteiger partial charge is 0.467 e. The first-order chi connectivity index (χ1) is 10.1. The molecule has 1 aromatic carbocycles. The highest BCUT2D eigenvalue weighted by Gasteiger charge is 2.32. The highest BCUT2D eigenvalue weighted by molar-refractivity contribution is 5.94. The van der Waals surface area contributed by atoms with Crippen LogP contribution in [-0.4, -0.2) is 23.8 Å². The molecule has 0 spiro atoms. The Morgan fingerprint density at radius 1 is 1.24 bits per heavy atom. The van der Waals surface area contributed by atoms with Gasteiger partial charge >= 0.3 is 5.97 Å². The number of hydrogen-bond donors (Lipinski definition) is 0. The van der Waals surface area contributed by atoms with E-state index < -0.39 is 6.10 Å². The van der Waals surface area contributed by atoms with E-state index in [-0.39, 0.29) is 18.3 Å². The van der Waals surface area contributed by atoms with Gasteiger partial charge in [0.05, 0.1) is 24.8 Å². The Hall–Kier alpha value is -2.56. The number of amides is 1. The van der Waals surface area contributed by atoms with Crippen molar-refractivity contribution in [2.75, 3.05) is 7.05 Å². The van der Waals surface area contributed by atoms with Gasteiger partial charge in [-0.3, -0.25) is 4.79 Å². The molecule has 0 radical (unpaired) electrons. The average molecular weight is 285 g/mol. The molecule has 0 fully saturated rings. The second kappa shape index (κ2) is 5.44. The van der Waals surface area contributed by atoms with Crippen LogP contribution in [0.15, 0.2) is 47.1 Å². The topological polar surface area (TPSA) is 59.8 Å². The van der Waals surface area contributed by atoms with Gasteiger partial charge in [0.15, 0.2) is 0 Å². The van der Waals surface area contributed by atoms with Crippen LogP contribution >= 0.6 is 0 Å². The number of cyclic esters (lactones) is 1. The van der Waals surface area contributed by atoms with Crippen LogP contribution in [0.3, 0.4) is 0 Å². The minimum Gasteiger partial charge on any atom is -0.467 e. The molecule has 1 amide bonds. The van der Waals surface area contributed by atoms with Gasteiger partial charge in [-0.25, -0.2) is 4.79 Å². The van der Waals surface area contributed by atoms with E-state index in [1.165, 1.54) is 0 Å². The molecule has 0 N–H and O–H groups in total. The Kier molecular flexibility index (Phi) is 3.48. The van der Waals surface area contributed by atoms with Crippen molar-refractivity contribution in [3.63, 3.8) is 0 Å². The standard InChI is InChI=1S/C16H15NO4/c1-17(10-11-5-4-8-20-11)15(18)9-14-12-6-2-3-7-13(12)16(19)21-14/h2-8,14H,9-10H2,1H3/t14-/m0/s1. The van der Waals surface area contributed by atoms with E-state index in [0.717, 1.165) is 11.3 Å². The van der Waals surface area contributed by atoms with Crippen molar-refractivity contribution >= 4 is 11.9 Å². The minimum absolute atomic E-state index is 0.0964. The van der Waals surface area contributed by atoms with E-state index >= 15 is 0 Å². The number of furan rings is 1. The van der Waals surface area contributed by atoms with Crippen LogP contribution in [0.2, 0.25) is 0 Å². The van der Waals surface area contributed by atoms with Gasteiger partial charge in [0.25, 0.3) is 0 Å². The number of hydrogen-bond acceptors (Lipinski definition) is 4. The van der Waals surface area contributed by atoms with Gasteiger partial charge in [0.2, 0.25) is 5.91 Å². The molecule has 21 heavy (non-hydrogen) atoms. The van der Waals surface area contributed by atoms with Crippen LogP contribution in [-0.2, 0) is 16.1 Å². The number of fused-ring (bicyclic) bond motifs is 1. The van der Waals surface area contributed by atoms with Gasteiger partial charge in [-0.05, 0) is 18.2 Å². The van der Waals surface area contributed by atoms with Crippen molar-refractivity contribution in [2.45, 2.75) is 19.1 Å². The predicted molar refractivity (Wildman–Crippen MR) is 74.4 cm³/mol. The number of ether oxygens (including phenoxy) is 1. The van der Waals surface area contributed by atoms with Crippen LogP contribution in [0.25, 0.3) is 0 Å². The van der Waals surface area contributed by atoms with E-state index in [1.54, 1.807) is 36.4 Å². The van der Waals surface area contributed by atoms with E-state index in [9.17, 15) is 9.59 Å². The molecule has 5 nitrogen and oxygen atoms in total. The summed E-state index contributed by atoms with van der Waals surface area (Å²) in [5.74, 6) is 0.257. The van der Waals surface area contributed by atoms with Crippen molar-refractivity contribution in [1.82, 2.24) is 4.90 Å². The van der Waals surface area contributed by atoms with E-state index in [4.69, 9.17) is 9.15 Å². The summed E-state index contributed by atoms with van der Waals surface area (Å²) >= 11 is 0. The maximum atomic E-state index is 12.2. The molecule has 0 aliphatic carbocycles. The summed E-state index contributed by atoms with van der Waals surface area (Å²) in [6, 6.07) is 10.8. The monoisotopic (exact) mass is 285 g/mol. The highest BCUT2D eigenvalue weighted by Crippen LogP contribution is 2.33. The van der Waals surface area contributed by atoms with Gasteiger partial charge < -0.3 is 14.1 Å². The Labute approximate surface area is 122 Å². The fraction of sp³-hybridized carbons (Fsp3) is 0.250. The third-order valence-corrected chi connectivity index (χ3v) is 3.54. The predicted octanol–water partition coefficient (Wildman–Crippen LogP) is 2.54. The SMILES string of the molecule is CN(Cc1ccco1)C(=O)C[C@@H]1OC(=O)c2ccccc21. The normalized spacial score (nSPS) is 16.4. The highest BCUT2D eigenvalue weighted by atomic mass is 16.5. The van der Waals surface area contributed by atoms with Crippen LogP contribution < -0.4 is 0 Å². The molecule has 0 bridgehead atoms. The fourth-order valence-electron chi connectivity index (χ4n) is 2.41. The minimum atomic E-state index is -0.500. The maximum Gasteiger partial charge on any atom is 0.339 e. The van der Waals surface area contributed by atoms with E-state index in [1.807, 2.05) is 18.2 Å². The summed E-state index contributed by atoms with van der Waals surface area (Å²) in [5, 5.41) is 0. The lowest BCUT2D eigenvalue weighted by atomic mass is 10.0. The Balaban J connectivity index is 1.67. The first-order valence-electron chi connectivity index (χ1n) is 6.71. The summed E-state index contributed by atoms with van der Waals surface area (Å²) in [4.78, 5) is 25.5. The quantitative estimate of drug-likeness (QED) is 0.810. The molecular weight excluding hydrogens is 270 g/mol. The summed E-state index contributed by atoms with van der Waals surface area (Å²) < 4.78 is 10.5. The Morgan fingerprint density at radius 2 is 2.05 bits per heavy atom. The Bertz CT molecular complexity index is 663. The van der Waals surface area contributed by atoms with Crippen molar-refractivity contribution < 1.29 is 18.7 Å². The zero-order chi connectivity index (χ0) is 14.8. The second-order valence-corrected chi connectivity index (χ2v) is 5.01. The number of carbonyl (C=O) groups is 2. The molecule has 5 heteroatoms. The van der Waals surface area contributed by atoms with Crippen LogP contribution in [0.1, 0.15) is 34.2 Å². The fourth-order valence-corrected chi connectivity index (χ4v) is 2.41. The smallest absolute Gasteiger partial charge is 0.339 e. The molecule has 0 saturated heterocycles. The van der Waals surface area contributed by atoms with Crippen LogP contribution in [0, 0.1) is 0 Å². The van der Waals surface area contributed by atoms with Gasteiger partial charge in [-0.15, -0.1) is 0 Å². The first-order valence-corrected chi connectivity index (χ1v) is 6.71. The average Bonchev–Trinajstić information content (AvgIpc) is 3.09. The second-order valence-electron chi connectivity index (χ2n) is 5.01. The number of carbonyl (C=O) groups excluding carboxylic acids is 2. The number of rotatable bonds is 4. The molecule has 2 heterocycles. The molecule has 108 valence electrons. The lowest BCUT2D eigenvalue weighted by Gasteiger charge is -2.18. The number of nitrogens with zero attached hydrogens (tertiary/aromatic N) is 1. The molecular formula is C16H15NO4. The summed E-state index contributed by atoms with van der Waals surface area (Å²) in [6.45, 7) is 0.397. The zero-order valence-electron chi connectivity index (χ0n) is 11.6. The molecule has 1 aromatic heterocycles. The molecule has 1 aliphatic rings. The molecule has 0 saturated carbocycles. The van der Waals surface area contributed by atoms with Crippen molar-refractivity contribution in [3.05, 3.63) is 59.5 Å². The summed E-state index contributed by atoms with van der Waals surface area (Å²) in [5.41, 5.74) is 1.33. The molecule has 0 unspecified atom stereocenters. The number of esters is 1. The zero-order valence-corrected chi connectivity index (χ0v) is 11.6. The molecule has 2 aromatic rings. The van der Waals surface area contributed by atoms with Gasteiger partial charge in [-0.2, -0.15) is 0 Å². The first kappa shape index (κ1) is 13.4. The van der Waals surface area contributed by atoms with Gasteiger partial charge in [0.1, 0.15) is 11.9 Å². The van der Waals surface area contributed by atoms with E-state index in [0.29, 0.717) is 12.1 Å². The van der Waals surface area contributed by atoms with Crippen molar-refractivity contribution in [3.8, 4) is 0 Å². The summed E-state index contributed by atoms with van der Waals surface area (Å²) in [6.07, 6.45) is 1.21. The molecule has 3 rings (SSSR count). The lowest BCUT2D eigenvalue weighted by molar-refractivity contribution is -0.132. The third-order valence-electron chi connectivity index (χ3n) is 3.54. The van der Waals surface area contributed by atoms with Crippen molar-refractivity contribution in [2.24, 2.45) is 0 Å². The Morgan fingerprint density at radius 3 is 2.81 bits per heavy atom. The van der Waals surface area contributed by atoms with Crippen LogP contribution in [0.5, 0.6) is 0 Å². The van der Waals surface area contributed by atoms with Gasteiger partial charge in [-0.1, -0.05) is 18.2 Å². The van der Waals surface area contributed by atoms with Crippen molar-refractivity contribution in [1.29, 1.82) is 0 Å². The van der Waals surface area contributed by atoms with E-state index in [2.05, 4.69) is 0 Å². The van der Waals surface area contributed by atoms with Gasteiger partial charge in [0, 0.05) is 12.6 Å². The lowest BCUT2D eigenvalue weighted by Crippen LogP contribution is -2.27. The molecule has 1 aliphatic heterocycles. The molecule has 1 atom stereocenters. The number of benzene rings is 1. The maximum absolute atomic E-state index is 12.2. The third kappa shape index (κ3) is 2.67. The van der Waals surface area contributed by atoms with Crippen LogP contribution in [0.4, 0.5) is 0 Å². The summed E-state index contributed by atoms with van der Waals surface area (Å²) in [7, 11) is 1.70.